The monoisotopic (exact) mass is 404 g/mol. The zero-order valence-electron chi connectivity index (χ0n) is 15.6. The molecule has 0 unspecified atom stereocenters. The summed E-state index contributed by atoms with van der Waals surface area (Å²) >= 11 is 1.22. The van der Waals surface area contributed by atoms with Gasteiger partial charge in [-0.1, -0.05) is 42.1 Å². The van der Waals surface area contributed by atoms with Crippen molar-refractivity contribution in [1.29, 1.82) is 0 Å². The van der Waals surface area contributed by atoms with Crippen molar-refractivity contribution in [3.8, 4) is 0 Å². The van der Waals surface area contributed by atoms with Crippen molar-refractivity contribution in [3.05, 3.63) is 65.2 Å². The summed E-state index contributed by atoms with van der Waals surface area (Å²) in [4.78, 5) is 17.1. The van der Waals surface area contributed by atoms with Gasteiger partial charge < -0.3 is 5.32 Å². The van der Waals surface area contributed by atoms with E-state index in [4.69, 9.17) is 0 Å². The zero-order valence-corrected chi connectivity index (χ0v) is 16.4. The Morgan fingerprint density at radius 3 is 2.50 bits per heavy atom. The summed E-state index contributed by atoms with van der Waals surface area (Å²) in [6.07, 6.45) is -4.53. The highest BCUT2D eigenvalue weighted by Gasteiger charge is 2.34. The van der Waals surface area contributed by atoms with Gasteiger partial charge in [0.25, 0.3) is 0 Å². The van der Waals surface area contributed by atoms with Crippen LogP contribution in [0.2, 0.25) is 0 Å². The maximum atomic E-state index is 13.1. The first-order valence-corrected chi connectivity index (χ1v) is 9.55. The number of rotatable bonds is 4. The molecule has 0 aliphatic heterocycles. The predicted octanol–water partition coefficient (Wildman–Crippen LogP) is 5.99. The molecule has 3 aromatic rings. The molecule has 0 bridgehead atoms. The Labute approximate surface area is 165 Å². The summed E-state index contributed by atoms with van der Waals surface area (Å²) in [6.45, 7) is 5.58. The first-order chi connectivity index (χ1) is 13.2. The summed E-state index contributed by atoms with van der Waals surface area (Å²) in [5.74, 6) is -0.508. The van der Waals surface area contributed by atoms with Crippen LogP contribution in [0.1, 0.15) is 23.6 Å². The highest BCUT2D eigenvalue weighted by molar-refractivity contribution is 8.00. The molecule has 1 atom stereocenters. The van der Waals surface area contributed by atoms with Gasteiger partial charge in [0.05, 0.1) is 27.0 Å². The van der Waals surface area contributed by atoms with Crippen molar-refractivity contribution in [2.24, 2.45) is 0 Å². The predicted molar refractivity (Wildman–Crippen MR) is 107 cm³/mol. The van der Waals surface area contributed by atoms with Gasteiger partial charge in [0.2, 0.25) is 5.91 Å². The lowest BCUT2D eigenvalue weighted by Gasteiger charge is -2.16. The number of fused-ring (bicyclic) bond motifs is 1. The SMILES string of the molecule is Cc1cc(S[C@@H](C)C(=O)Nc2ccccc2C(F)(F)F)nc2c(C)cccc12. The molecular weight excluding hydrogens is 385 g/mol. The molecular formula is C21H19F3N2OS. The van der Waals surface area contributed by atoms with E-state index < -0.39 is 22.9 Å². The van der Waals surface area contributed by atoms with Crippen molar-refractivity contribution in [1.82, 2.24) is 4.98 Å². The van der Waals surface area contributed by atoms with Crippen LogP contribution in [0, 0.1) is 13.8 Å². The largest absolute Gasteiger partial charge is 0.418 e. The molecule has 7 heteroatoms. The molecule has 0 aliphatic rings. The van der Waals surface area contributed by atoms with E-state index in [-0.39, 0.29) is 5.69 Å². The maximum Gasteiger partial charge on any atom is 0.418 e. The Balaban J connectivity index is 1.81. The van der Waals surface area contributed by atoms with Gasteiger partial charge in [-0.3, -0.25) is 4.79 Å². The molecule has 1 N–H and O–H groups in total. The van der Waals surface area contributed by atoms with Crippen LogP contribution in [0.25, 0.3) is 10.9 Å². The fourth-order valence-electron chi connectivity index (χ4n) is 2.90. The van der Waals surface area contributed by atoms with Crippen LogP contribution < -0.4 is 5.32 Å². The third-order valence-corrected chi connectivity index (χ3v) is 5.40. The second-order valence-corrected chi connectivity index (χ2v) is 7.90. The summed E-state index contributed by atoms with van der Waals surface area (Å²) in [5, 5.41) is 3.48. The van der Waals surface area contributed by atoms with Gasteiger partial charge in [-0.15, -0.1) is 0 Å². The molecule has 1 aromatic heterocycles. The lowest BCUT2D eigenvalue weighted by Crippen LogP contribution is -2.24. The molecule has 0 saturated carbocycles. The van der Waals surface area contributed by atoms with E-state index in [0.717, 1.165) is 28.1 Å². The smallest absolute Gasteiger partial charge is 0.325 e. The third-order valence-electron chi connectivity index (χ3n) is 4.38. The summed E-state index contributed by atoms with van der Waals surface area (Å²) in [6, 6.07) is 12.8. The highest BCUT2D eigenvalue weighted by atomic mass is 32.2. The van der Waals surface area contributed by atoms with Crippen LogP contribution in [0.3, 0.4) is 0 Å². The first kappa shape index (κ1) is 20.2. The van der Waals surface area contributed by atoms with Gasteiger partial charge >= 0.3 is 6.18 Å². The number of hydrogen-bond donors (Lipinski definition) is 1. The van der Waals surface area contributed by atoms with E-state index in [2.05, 4.69) is 10.3 Å². The lowest BCUT2D eigenvalue weighted by molar-refractivity contribution is -0.137. The number of anilines is 1. The zero-order chi connectivity index (χ0) is 20.5. The van der Waals surface area contributed by atoms with Gasteiger partial charge in [-0.2, -0.15) is 13.2 Å². The number of carbonyl (C=O) groups excluding carboxylic acids is 1. The van der Waals surface area contributed by atoms with E-state index in [1.807, 2.05) is 38.1 Å². The van der Waals surface area contributed by atoms with Crippen LogP contribution in [-0.2, 0) is 11.0 Å². The number of benzene rings is 2. The van der Waals surface area contributed by atoms with Crippen molar-refractivity contribution < 1.29 is 18.0 Å². The minimum absolute atomic E-state index is 0.244. The van der Waals surface area contributed by atoms with Crippen LogP contribution >= 0.6 is 11.8 Å². The Bertz CT molecular complexity index is 1030. The van der Waals surface area contributed by atoms with Crippen LogP contribution in [0.15, 0.2) is 53.6 Å². The second kappa shape index (κ2) is 7.83. The molecule has 1 amide bonds. The van der Waals surface area contributed by atoms with Crippen molar-refractivity contribution in [2.45, 2.75) is 37.2 Å². The van der Waals surface area contributed by atoms with E-state index in [9.17, 15) is 18.0 Å². The van der Waals surface area contributed by atoms with Gasteiger partial charge in [0.15, 0.2) is 0 Å². The van der Waals surface area contributed by atoms with E-state index in [1.54, 1.807) is 6.92 Å². The molecule has 3 rings (SSSR count). The number of nitrogens with one attached hydrogen (secondary N) is 1. The molecule has 28 heavy (non-hydrogen) atoms. The number of carbonyl (C=O) groups is 1. The average molecular weight is 404 g/mol. The average Bonchev–Trinajstić information content (AvgIpc) is 2.62. The van der Waals surface area contributed by atoms with Gasteiger partial charge in [0.1, 0.15) is 0 Å². The maximum absolute atomic E-state index is 13.1. The lowest BCUT2D eigenvalue weighted by atomic mass is 10.1. The molecule has 0 spiro atoms. The quantitative estimate of drug-likeness (QED) is 0.543. The van der Waals surface area contributed by atoms with Crippen LogP contribution in [0.4, 0.5) is 18.9 Å². The van der Waals surface area contributed by atoms with E-state index >= 15 is 0 Å². The molecule has 3 nitrogen and oxygen atoms in total. The molecule has 0 aliphatic carbocycles. The topological polar surface area (TPSA) is 42.0 Å². The van der Waals surface area contributed by atoms with Crippen molar-refractivity contribution in [2.75, 3.05) is 5.32 Å². The van der Waals surface area contributed by atoms with Crippen molar-refractivity contribution >= 4 is 34.3 Å². The fourth-order valence-corrected chi connectivity index (χ4v) is 3.82. The van der Waals surface area contributed by atoms with Crippen LogP contribution in [0.5, 0.6) is 0 Å². The van der Waals surface area contributed by atoms with E-state index in [0.29, 0.717) is 5.03 Å². The van der Waals surface area contributed by atoms with Gasteiger partial charge in [-0.05, 0) is 50.1 Å². The number of para-hydroxylation sites is 2. The molecule has 0 saturated heterocycles. The van der Waals surface area contributed by atoms with Crippen molar-refractivity contribution in [3.63, 3.8) is 0 Å². The number of pyridine rings is 1. The summed E-state index contributed by atoms with van der Waals surface area (Å²) in [7, 11) is 0. The number of aromatic nitrogens is 1. The number of aryl methyl sites for hydroxylation is 2. The standard InChI is InChI=1S/C21H19F3N2OS/c1-12-7-6-8-15-13(2)11-18(26-19(12)15)28-14(3)20(27)25-17-10-5-4-9-16(17)21(22,23)24/h4-11,14H,1-3H3,(H,25,27)/t14-/m0/s1. The molecule has 0 fully saturated rings. The summed E-state index contributed by atoms with van der Waals surface area (Å²) in [5.41, 5.74) is 1.81. The normalized spacial score (nSPS) is 12.8. The Morgan fingerprint density at radius 2 is 1.79 bits per heavy atom. The summed E-state index contributed by atoms with van der Waals surface area (Å²) < 4.78 is 39.3. The molecule has 146 valence electrons. The number of hydrogen-bond acceptors (Lipinski definition) is 3. The fraction of sp³-hybridized carbons (Fsp3) is 0.238. The van der Waals surface area contributed by atoms with Gasteiger partial charge in [-0.25, -0.2) is 4.98 Å². The van der Waals surface area contributed by atoms with Gasteiger partial charge in [0, 0.05) is 5.39 Å². The number of nitrogens with zero attached hydrogens (tertiary/aromatic N) is 1. The van der Waals surface area contributed by atoms with E-state index in [1.165, 1.54) is 30.0 Å². The first-order valence-electron chi connectivity index (χ1n) is 8.67. The third kappa shape index (κ3) is 4.30. The van der Waals surface area contributed by atoms with Crippen LogP contribution in [-0.4, -0.2) is 16.1 Å². The number of halogens is 3. The number of amides is 1. The number of alkyl halides is 3. The molecule has 1 heterocycles. The Morgan fingerprint density at radius 1 is 1.07 bits per heavy atom. The minimum Gasteiger partial charge on any atom is -0.325 e. The number of thioether (sulfide) groups is 1. The molecule has 2 aromatic carbocycles. The Hall–Kier alpha value is -2.54. The Kier molecular flexibility index (Phi) is 5.65. The second-order valence-electron chi connectivity index (χ2n) is 6.54. The highest BCUT2D eigenvalue weighted by Crippen LogP contribution is 2.35. The molecule has 0 radical (unpaired) electrons. The minimum atomic E-state index is -4.53.